The number of nitrogens with one attached hydrogen (secondary N) is 1. The van der Waals surface area contributed by atoms with Crippen molar-refractivity contribution in [2.45, 2.75) is 0 Å². The third-order valence-corrected chi connectivity index (χ3v) is 2.83. The molecule has 0 aliphatic carbocycles. The Bertz CT molecular complexity index is 415. The minimum atomic E-state index is 0.602. The molecule has 0 bridgehead atoms. The van der Waals surface area contributed by atoms with Gasteiger partial charge in [0.1, 0.15) is 5.82 Å². The van der Waals surface area contributed by atoms with E-state index in [1.165, 1.54) is 0 Å². The molecule has 0 aromatic carbocycles. The summed E-state index contributed by atoms with van der Waals surface area (Å²) in [7, 11) is 0. The van der Waals surface area contributed by atoms with Crippen molar-refractivity contribution in [2.24, 2.45) is 0 Å². The highest BCUT2D eigenvalue weighted by Gasteiger charge is 2.16. The molecule has 1 aliphatic rings. The predicted molar refractivity (Wildman–Crippen MR) is 70.6 cm³/mol. The van der Waals surface area contributed by atoms with Crippen LogP contribution in [0.5, 0.6) is 0 Å². The van der Waals surface area contributed by atoms with Gasteiger partial charge in [-0.2, -0.15) is 4.98 Å². The van der Waals surface area contributed by atoms with E-state index in [2.05, 4.69) is 26.8 Å². The van der Waals surface area contributed by atoms with Gasteiger partial charge in [0.05, 0.1) is 0 Å². The molecular formula is C12H17N5O. The van der Waals surface area contributed by atoms with Crippen molar-refractivity contribution in [2.75, 3.05) is 42.9 Å². The fourth-order valence-electron chi connectivity index (χ4n) is 1.83. The average molecular weight is 247 g/mol. The molecule has 1 amide bonds. The van der Waals surface area contributed by atoms with Crippen molar-refractivity contribution in [3.05, 3.63) is 24.9 Å². The summed E-state index contributed by atoms with van der Waals surface area (Å²) in [5, 5.41) is 3.06. The largest absolute Gasteiger partial charge is 0.353 e. The minimum absolute atomic E-state index is 0.602. The Morgan fingerprint density at radius 3 is 2.83 bits per heavy atom. The lowest BCUT2D eigenvalue weighted by Gasteiger charge is -2.33. The lowest BCUT2D eigenvalue weighted by molar-refractivity contribution is -0.118. The van der Waals surface area contributed by atoms with Crippen molar-refractivity contribution in [1.82, 2.24) is 14.9 Å². The molecule has 2 rings (SSSR count). The second kappa shape index (κ2) is 6.00. The van der Waals surface area contributed by atoms with E-state index in [9.17, 15) is 4.79 Å². The van der Waals surface area contributed by atoms with Crippen LogP contribution in [0.2, 0.25) is 0 Å². The van der Waals surface area contributed by atoms with Gasteiger partial charge in [0.25, 0.3) is 0 Å². The monoisotopic (exact) mass is 247 g/mol. The van der Waals surface area contributed by atoms with Gasteiger partial charge < -0.3 is 15.1 Å². The molecule has 1 aromatic rings. The van der Waals surface area contributed by atoms with Gasteiger partial charge in [-0.3, -0.25) is 4.79 Å². The Morgan fingerprint density at radius 1 is 1.39 bits per heavy atom. The summed E-state index contributed by atoms with van der Waals surface area (Å²) < 4.78 is 0. The van der Waals surface area contributed by atoms with Gasteiger partial charge in [-0.1, -0.05) is 6.08 Å². The van der Waals surface area contributed by atoms with Gasteiger partial charge in [-0.15, -0.1) is 6.58 Å². The molecule has 1 saturated heterocycles. The van der Waals surface area contributed by atoms with Crippen LogP contribution in [0.15, 0.2) is 24.9 Å². The molecule has 6 heteroatoms. The first-order valence-electron chi connectivity index (χ1n) is 5.95. The number of nitrogens with zero attached hydrogens (tertiary/aromatic N) is 4. The molecule has 96 valence electrons. The van der Waals surface area contributed by atoms with Crippen molar-refractivity contribution in [3.63, 3.8) is 0 Å². The van der Waals surface area contributed by atoms with Crippen molar-refractivity contribution >= 4 is 18.2 Å². The summed E-state index contributed by atoms with van der Waals surface area (Å²) in [5.74, 6) is 1.49. The molecule has 0 atom stereocenters. The number of anilines is 2. The Hall–Kier alpha value is -2.11. The normalized spacial score (nSPS) is 15.3. The van der Waals surface area contributed by atoms with E-state index in [-0.39, 0.29) is 0 Å². The van der Waals surface area contributed by atoms with Crippen LogP contribution in [-0.4, -0.2) is 54.0 Å². The summed E-state index contributed by atoms with van der Waals surface area (Å²) in [6.45, 7) is 7.36. The third kappa shape index (κ3) is 2.97. The Kier molecular flexibility index (Phi) is 4.11. The molecule has 18 heavy (non-hydrogen) atoms. The first-order valence-corrected chi connectivity index (χ1v) is 5.95. The maximum Gasteiger partial charge on any atom is 0.224 e. The highest BCUT2D eigenvalue weighted by molar-refractivity contribution is 5.49. The highest BCUT2D eigenvalue weighted by Crippen LogP contribution is 2.14. The molecule has 1 aliphatic heterocycles. The standard InChI is InChI=1S/C12H17N5O/c1-2-4-13-12-14-5-3-11(15-12)17-8-6-16(10-18)7-9-17/h2-3,5,10H,1,4,6-9H2,(H,13,14,15). The van der Waals surface area contributed by atoms with E-state index in [4.69, 9.17) is 0 Å². The number of piperazine rings is 1. The van der Waals surface area contributed by atoms with Gasteiger partial charge in [0, 0.05) is 38.9 Å². The van der Waals surface area contributed by atoms with Crippen LogP contribution < -0.4 is 10.2 Å². The van der Waals surface area contributed by atoms with E-state index in [1.54, 1.807) is 17.2 Å². The fraction of sp³-hybridized carbons (Fsp3) is 0.417. The number of aromatic nitrogens is 2. The van der Waals surface area contributed by atoms with Crippen LogP contribution in [-0.2, 0) is 4.79 Å². The minimum Gasteiger partial charge on any atom is -0.353 e. The molecule has 0 unspecified atom stereocenters. The molecule has 0 spiro atoms. The molecule has 1 N–H and O–H groups in total. The SMILES string of the molecule is C=CCNc1nccc(N2CCN(C=O)CC2)n1. The smallest absolute Gasteiger partial charge is 0.224 e. The first kappa shape index (κ1) is 12.3. The quantitative estimate of drug-likeness (QED) is 0.601. The summed E-state index contributed by atoms with van der Waals surface area (Å²) in [6.07, 6.45) is 4.40. The van der Waals surface area contributed by atoms with E-state index in [0.717, 1.165) is 38.4 Å². The molecule has 2 heterocycles. The van der Waals surface area contributed by atoms with Gasteiger partial charge >= 0.3 is 0 Å². The van der Waals surface area contributed by atoms with Crippen molar-refractivity contribution in [3.8, 4) is 0 Å². The van der Waals surface area contributed by atoms with Crippen LogP contribution in [0.25, 0.3) is 0 Å². The average Bonchev–Trinajstić information content (AvgIpc) is 2.45. The topological polar surface area (TPSA) is 61.4 Å². The number of carbonyl (C=O) groups excluding carboxylic acids is 1. The zero-order valence-corrected chi connectivity index (χ0v) is 10.2. The molecular weight excluding hydrogens is 230 g/mol. The summed E-state index contributed by atoms with van der Waals surface area (Å²) in [4.78, 5) is 23.1. The summed E-state index contributed by atoms with van der Waals surface area (Å²) >= 11 is 0. The Labute approximate surface area is 106 Å². The number of hydrogen-bond donors (Lipinski definition) is 1. The summed E-state index contributed by atoms with van der Waals surface area (Å²) in [5.41, 5.74) is 0. The van der Waals surface area contributed by atoms with Crippen molar-refractivity contribution < 1.29 is 4.79 Å². The Morgan fingerprint density at radius 2 is 2.17 bits per heavy atom. The second-order valence-corrected chi connectivity index (χ2v) is 4.04. The molecule has 1 aromatic heterocycles. The van der Waals surface area contributed by atoms with Crippen LogP contribution in [0.3, 0.4) is 0 Å². The number of rotatable bonds is 5. The van der Waals surface area contributed by atoms with Crippen molar-refractivity contribution in [1.29, 1.82) is 0 Å². The van der Waals surface area contributed by atoms with E-state index in [1.807, 2.05) is 6.07 Å². The Balaban J connectivity index is 2.00. The van der Waals surface area contributed by atoms with Gasteiger partial charge in [0.15, 0.2) is 0 Å². The zero-order chi connectivity index (χ0) is 12.8. The van der Waals surface area contributed by atoms with Gasteiger partial charge in [-0.25, -0.2) is 4.98 Å². The number of hydrogen-bond acceptors (Lipinski definition) is 5. The predicted octanol–water partition coefficient (Wildman–Crippen LogP) is 0.353. The van der Waals surface area contributed by atoms with Gasteiger partial charge in [0.2, 0.25) is 12.4 Å². The number of amides is 1. The lowest BCUT2D eigenvalue weighted by atomic mass is 10.3. The highest BCUT2D eigenvalue weighted by atomic mass is 16.1. The van der Waals surface area contributed by atoms with Gasteiger partial charge in [-0.05, 0) is 6.07 Å². The molecule has 0 saturated carbocycles. The van der Waals surface area contributed by atoms with Crippen LogP contribution in [0.4, 0.5) is 11.8 Å². The maximum atomic E-state index is 10.6. The van der Waals surface area contributed by atoms with Crippen LogP contribution in [0, 0.1) is 0 Å². The fourth-order valence-corrected chi connectivity index (χ4v) is 1.83. The summed E-state index contributed by atoms with van der Waals surface area (Å²) in [6, 6.07) is 1.88. The van der Waals surface area contributed by atoms with E-state index >= 15 is 0 Å². The third-order valence-electron chi connectivity index (χ3n) is 2.83. The molecule has 1 fully saturated rings. The second-order valence-electron chi connectivity index (χ2n) is 4.04. The molecule has 0 radical (unpaired) electrons. The number of carbonyl (C=O) groups is 1. The first-order chi connectivity index (χ1) is 8.83. The lowest BCUT2D eigenvalue weighted by Crippen LogP contribution is -2.46. The van der Waals surface area contributed by atoms with E-state index < -0.39 is 0 Å². The van der Waals surface area contributed by atoms with Crippen LogP contribution >= 0.6 is 0 Å². The zero-order valence-electron chi connectivity index (χ0n) is 10.2. The van der Waals surface area contributed by atoms with E-state index in [0.29, 0.717) is 12.5 Å². The molecule has 6 nitrogen and oxygen atoms in total. The van der Waals surface area contributed by atoms with Crippen LogP contribution in [0.1, 0.15) is 0 Å². The maximum absolute atomic E-state index is 10.6.